The molecule has 3 N–H and O–H groups in total. The third-order valence-corrected chi connectivity index (χ3v) is 4.43. The van der Waals surface area contributed by atoms with Crippen LogP contribution in [0.25, 0.3) is 0 Å². The predicted octanol–water partition coefficient (Wildman–Crippen LogP) is 0.919. The lowest BCUT2D eigenvalue weighted by molar-refractivity contribution is -0.385. The fraction of sp³-hybridized carbons (Fsp3) is 0.455. The summed E-state index contributed by atoms with van der Waals surface area (Å²) in [6, 6.07) is 3.36. The average molecular weight is 287 g/mol. The number of rotatable bonds is 6. The van der Waals surface area contributed by atoms with Crippen molar-refractivity contribution in [2.24, 2.45) is 5.73 Å². The minimum atomic E-state index is -3.80. The molecule has 1 rings (SSSR count). The summed E-state index contributed by atoms with van der Waals surface area (Å²) in [5.41, 5.74) is 5.64. The summed E-state index contributed by atoms with van der Waals surface area (Å²) < 4.78 is 26.8. The summed E-state index contributed by atoms with van der Waals surface area (Å²) in [6.45, 7) is 3.56. The molecule has 106 valence electrons. The molecule has 19 heavy (non-hydrogen) atoms. The first-order chi connectivity index (χ1) is 8.81. The third-order valence-electron chi connectivity index (χ3n) is 2.77. The monoisotopic (exact) mass is 287 g/mol. The Morgan fingerprint density at radius 3 is 2.58 bits per heavy atom. The number of hydrogen-bond acceptors (Lipinski definition) is 5. The summed E-state index contributed by atoms with van der Waals surface area (Å²) in [4.78, 5) is 9.98. The number of nitrogens with one attached hydrogen (secondary N) is 1. The highest BCUT2D eigenvalue weighted by molar-refractivity contribution is 7.89. The second-order valence-electron chi connectivity index (χ2n) is 4.17. The van der Waals surface area contributed by atoms with Crippen molar-refractivity contribution in [1.29, 1.82) is 0 Å². The molecule has 1 atom stereocenters. The molecule has 0 saturated carbocycles. The summed E-state index contributed by atoms with van der Waals surface area (Å²) in [5, 5.41) is 10.7. The standard InChI is InChI=1S/C11H17N3O4S/c1-3-9(7-12)13-19(17,18)11-6-10(14(15)16)5-4-8(11)2/h4-6,9,13H,3,7,12H2,1-2H3. The molecule has 0 spiro atoms. The fourth-order valence-electron chi connectivity index (χ4n) is 1.57. The molecule has 0 amide bonds. The molecule has 0 bridgehead atoms. The Morgan fingerprint density at radius 2 is 2.11 bits per heavy atom. The van der Waals surface area contributed by atoms with Crippen LogP contribution in [0.2, 0.25) is 0 Å². The molecule has 0 fully saturated rings. The molecule has 0 aliphatic rings. The number of aryl methyl sites for hydroxylation is 1. The van der Waals surface area contributed by atoms with Crippen molar-refractivity contribution >= 4 is 15.7 Å². The molecule has 1 aromatic carbocycles. The lowest BCUT2D eigenvalue weighted by Gasteiger charge is -2.15. The number of nitro benzene ring substituents is 1. The van der Waals surface area contributed by atoms with Crippen molar-refractivity contribution < 1.29 is 13.3 Å². The second-order valence-corrected chi connectivity index (χ2v) is 5.85. The number of sulfonamides is 1. The van der Waals surface area contributed by atoms with Gasteiger partial charge in [0.1, 0.15) is 0 Å². The SMILES string of the molecule is CCC(CN)NS(=O)(=O)c1cc([N+](=O)[O-])ccc1C. The molecular formula is C11H17N3O4S. The van der Waals surface area contributed by atoms with Crippen molar-refractivity contribution in [2.75, 3.05) is 6.54 Å². The van der Waals surface area contributed by atoms with Gasteiger partial charge < -0.3 is 5.73 Å². The van der Waals surface area contributed by atoms with Crippen molar-refractivity contribution in [1.82, 2.24) is 4.72 Å². The highest BCUT2D eigenvalue weighted by atomic mass is 32.2. The summed E-state index contributed by atoms with van der Waals surface area (Å²) >= 11 is 0. The van der Waals surface area contributed by atoms with E-state index in [9.17, 15) is 18.5 Å². The maximum atomic E-state index is 12.2. The maximum Gasteiger partial charge on any atom is 0.270 e. The highest BCUT2D eigenvalue weighted by Gasteiger charge is 2.22. The van der Waals surface area contributed by atoms with Gasteiger partial charge in [0.15, 0.2) is 0 Å². The van der Waals surface area contributed by atoms with Crippen LogP contribution in [0.3, 0.4) is 0 Å². The first-order valence-corrected chi connectivity index (χ1v) is 7.27. The van der Waals surface area contributed by atoms with Crippen molar-refractivity contribution in [3.63, 3.8) is 0 Å². The zero-order chi connectivity index (χ0) is 14.6. The van der Waals surface area contributed by atoms with Crippen LogP contribution < -0.4 is 10.5 Å². The van der Waals surface area contributed by atoms with Crippen molar-refractivity contribution in [3.8, 4) is 0 Å². The van der Waals surface area contributed by atoms with Gasteiger partial charge in [-0.2, -0.15) is 0 Å². The maximum absolute atomic E-state index is 12.2. The van der Waals surface area contributed by atoms with E-state index in [4.69, 9.17) is 5.73 Å². The van der Waals surface area contributed by atoms with Crippen LogP contribution in [-0.2, 0) is 10.0 Å². The normalized spacial score (nSPS) is 13.2. The number of nitro groups is 1. The zero-order valence-electron chi connectivity index (χ0n) is 10.8. The molecular weight excluding hydrogens is 270 g/mol. The lowest BCUT2D eigenvalue weighted by Crippen LogP contribution is -2.39. The number of nitrogens with two attached hydrogens (primary N) is 1. The Bertz CT molecular complexity index is 567. The smallest absolute Gasteiger partial charge is 0.270 e. The van der Waals surface area contributed by atoms with E-state index in [1.807, 2.05) is 0 Å². The van der Waals surface area contributed by atoms with E-state index in [1.165, 1.54) is 12.1 Å². The molecule has 0 heterocycles. The molecule has 1 aromatic rings. The molecule has 0 radical (unpaired) electrons. The molecule has 7 nitrogen and oxygen atoms in total. The van der Waals surface area contributed by atoms with Crippen LogP contribution in [0, 0.1) is 17.0 Å². The number of non-ortho nitro benzene ring substituents is 1. The molecule has 0 aromatic heterocycles. The van der Waals surface area contributed by atoms with Crippen LogP contribution >= 0.6 is 0 Å². The summed E-state index contributed by atoms with van der Waals surface area (Å²) in [5.74, 6) is 0. The molecule has 0 saturated heterocycles. The molecule has 1 unspecified atom stereocenters. The zero-order valence-corrected chi connectivity index (χ0v) is 11.6. The van der Waals surface area contributed by atoms with Gasteiger partial charge in [-0.3, -0.25) is 10.1 Å². The Hall–Kier alpha value is -1.51. The van der Waals surface area contributed by atoms with Gasteiger partial charge in [0.2, 0.25) is 10.0 Å². The van der Waals surface area contributed by atoms with Gasteiger partial charge in [-0.15, -0.1) is 0 Å². The van der Waals surface area contributed by atoms with Crippen molar-refractivity contribution in [3.05, 3.63) is 33.9 Å². The predicted molar refractivity (Wildman–Crippen MR) is 71.3 cm³/mol. The van der Waals surface area contributed by atoms with Gasteiger partial charge in [0.25, 0.3) is 5.69 Å². The minimum Gasteiger partial charge on any atom is -0.329 e. The number of nitrogens with zero attached hydrogens (tertiary/aromatic N) is 1. The van der Waals surface area contributed by atoms with Crippen LogP contribution in [0.4, 0.5) is 5.69 Å². The second kappa shape index (κ2) is 6.09. The van der Waals surface area contributed by atoms with Gasteiger partial charge in [0.05, 0.1) is 9.82 Å². The largest absolute Gasteiger partial charge is 0.329 e. The molecule has 0 aliphatic heterocycles. The number of hydrogen-bond donors (Lipinski definition) is 2. The summed E-state index contributed by atoms with van der Waals surface area (Å²) in [6.07, 6.45) is 0.545. The Balaban J connectivity index is 3.20. The van der Waals surface area contributed by atoms with E-state index >= 15 is 0 Å². The fourth-order valence-corrected chi connectivity index (χ4v) is 3.17. The van der Waals surface area contributed by atoms with E-state index in [0.29, 0.717) is 12.0 Å². The van der Waals surface area contributed by atoms with Gasteiger partial charge in [-0.1, -0.05) is 13.0 Å². The summed E-state index contributed by atoms with van der Waals surface area (Å²) in [7, 11) is -3.80. The van der Waals surface area contributed by atoms with E-state index in [2.05, 4.69) is 4.72 Å². The quantitative estimate of drug-likeness (QED) is 0.596. The first-order valence-electron chi connectivity index (χ1n) is 5.79. The van der Waals surface area contributed by atoms with Crippen LogP contribution in [0.1, 0.15) is 18.9 Å². The van der Waals surface area contributed by atoms with E-state index < -0.39 is 14.9 Å². The molecule has 0 aliphatic carbocycles. The Labute approximate surface area is 112 Å². The van der Waals surface area contributed by atoms with Crippen molar-refractivity contribution in [2.45, 2.75) is 31.2 Å². The molecule has 8 heteroatoms. The van der Waals surface area contributed by atoms with Crippen LogP contribution in [0.15, 0.2) is 23.1 Å². The van der Waals surface area contributed by atoms with E-state index in [1.54, 1.807) is 13.8 Å². The lowest BCUT2D eigenvalue weighted by atomic mass is 10.2. The van der Waals surface area contributed by atoms with Gasteiger partial charge in [-0.25, -0.2) is 13.1 Å². The van der Waals surface area contributed by atoms with E-state index in [-0.39, 0.29) is 23.2 Å². The van der Waals surface area contributed by atoms with Crippen LogP contribution in [0.5, 0.6) is 0 Å². The van der Waals surface area contributed by atoms with Gasteiger partial charge in [-0.05, 0) is 18.9 Å². The third kappa shape index (κ3) is 3.72. The number of benzene rings is 1. The Kier molecular flexibility index (Phi) is 4.98. The topological polar surface area (TPSA) is 115 Å². The van der Waals surface area contributed by atoms with Crippen LogP contribution in [-0.4, -0.2) is 25.9 Å². The van der Waals surface area contributed by atoms with Gasteiger partial charge in [0, 0.05) is 24.7 Å². The first kappa shape index (κ1) is 15.5. The average Bonchev–Trinajstić information content (AvgIpc) is 2.35. The van der Waals surface area contributed by atoms with E-state index in [0.717, 1.165) is 6.07 Å². The minimum absolute atomic E-state index is 0.0893. The van der Waals surface area contributed by atoms with Gasteiger partial charge >= 0.3 is 0 Å². The highest BCUT2D eigenvalue weighted by Crippen LogP contribution is 2.21. The Morgan fingerprint density at radius 1 is 1.47 bits per heavy atom.